The van der Waals surface area contributed by atoms with E-state index in [9.17, 15) is 9.59 Å². The van der Waals surface area contributed by atoms with Gasteiger partial charge in [0.15, 0.2) is 5.82 Å². The molecule has 4 N–H and O–H groups in total. The molecule has 8 heteroatoms. The van der Waals surface area contributed by atoms with E-state index in [0.29, 0.717) is 23.1 Å². The summed E-state index contributed by atoms with van der Waals surface area (Å²) in [5.74, 6) is 0.712. The number of aryl methyl sites for hydroxylation is 1. The van der Waals surface area contributed by atoms with Gasteiger partial charge in [-0.15, -0.1) is 10.2 Å². The predicted octanol–water partition coefficient (Wildman–Crippen LogP) is 2.57. The fraction of sp³-hybridized carbons (Fsp3) is 0.238. The van der Waals surface area contributed by atoms with E-state index in [0.717, 1.165) is 35.3 Å². The van der Waals surface area contributed by atoms with Gasteiger partial charge in [0, 0.05) is 30.4 Å². The van der Waals surface area contributed by atoms with Crippen molar-refractivity contribution in [2.75, 3.05) is 10.6 Å². The quantitative estimate of drug-likeness (QED) is 0.596. The van der Waals surface area contributed by atoms with E-state index >= 15 is 0 Å². The van der Waals surface area contributed by atoms with Crippen molar-refractivity contribution in [1.29, 1.82) is 0 Å². The van der Waals surface area contributed by atoms with E-state index in [1.807, 2.05) is 19.1 Å². The second-order valence-electron chi connectivity index (χ2n) is 7.25. The van der Waals surface area contributed by atoms with E-state index in [4.69, 9.17) is 5.73 Å². The van der Waals surface area contributed by atoms with Crippen molar-refractivity contribution >= 4 is 23.2 Å². The van der Waals surface area contributed by atoms with Gasteiger partial charge in [0.1, 0.15) is 11.5 Å². The fourth-order valence-corrected chi connectivity index (χ4v) is 3.21. The Bertz CT molecular complexity index is 1130. The molecule has 148 valence electrons. The zero-order valence-corrected chi connectivity index (χ0v) is 16.3. The van der Waals surface area contributed by atoms with Gasteiger partial charge in [-0.05, 0) is 55.2 Å². The molecule has 1 saturated carbocycles. The van der Waals surface area contributed by atoms with Crippen LogP contribution in [0.15, 0.2) is 47.4 Å². The first-order valence-electron chi connectivity index (χ1n) is 9.40. The van der Waals surface area contributed by atoms with Gasteiger partial charge < -0.3 is 20.9 Å². The first-order valence-corrected chi connectivity index (χ1v) is 9.40. The van der Waals surface area contributed by atoms with E-state index < -0.39 is 5.91 Å². The third kappa shape index (κ3) is 3.96. The molecule has 0 bridgehead atoms. The van der Waals surface area contributed by atoms with Crippen LogP contribution in [-0.4, -0.2) is 26.7 Å². The van der Waals surface area contributed by atoms with Crippen LogP contribution in [0, 0.1) is 6.92 Å². The fourth-order valence-electron chi connectivity index (χ4n) is 3.21. The molecule has 1 aliphatic rings. The molecule has 3 aromatic rings. The first-order chi connectivity index (χ1) is 13.9. The highest BCUT2D eigenvalue weighted by atomic mass is 16.1. The Morgan fingerprint density at radius 3 is 2.55 bits per heavy atom. The van der Waals surface area contributed by atoms with Crippen LogP contribution < -0.4 is 21.9 Å². The molecule has 0 aliphatic heterocycles. The van der Waals surface area contributed by atoms with E-state index in [2.05, 4.69) is 20.8 Å². The molecule has 2 heterocycles. The van der Waals surface area contributed by atoms with Crippen LogP contribution in [0.25, 0.3) is 11.1 Å². The maximum absolute atomic E-state index is 12.6. The number of primary amides is 1. The summed E-state index contributed by atoms with van der Waals surface area (Å²) in [5.41, 5.74) is 8.47. The monoisotopic (exact) mass is 390 g/mol. The number of nitrogens with zero attached hydrogens (tertiary/aromatic N) is 3. The van der Waals surface area contributed by atoms with Crippen molar-refractivity contribution in [3.63, 3.8) is 0 Å². The Morgan fingerprint density at radius 1 is 1.17 bits per heavy atom. The summed E-state index contributed by atoms with van der Waals surface area (Å²) in [6, 6.07) is 11.2. The number of rotatable bonds is 6. The molecule has 1 amide bonds. The number of carbonyl (C=O) groups is 1. The number of anilines is 3. The van der Waals surface area contributed by atoms with Gasteiger partial charge in [0.25, 0.3) is 5.56 Å². The number of hydrogen-bond acceptors (Lipinski definition) is 6. The molecule has 0 saturated heterocycles. The normalized spacial score (nSPS) is 13.2. The van der Waals surface area contributed by atoms with Gasteiger partial charge in [-0.1, -0.05) is 12.1 Å². The Labute approximate surface area is 167 Å². The molecule has 0 unspecified atom stereocenters. The van der Waals surface area contributed by atoms with Crippen LogP contribution in [0.2, 0.25) is 0 Å². The number of amides is 1. The van der Waals surface area contributed by atoms with Crippen molar-refractivity contribution in [3.8, 4) is 11.1 Å². The largest absolute Gasteiger partial charge is 0.366 e. The van der Waals surface area contributed by atoms with Crippen LogP contribution in [0.1, 0.15) is 28.8 Å². The molecule has 29 heavy (non-hydrogen) atoms. The van der Waals surface area contributed by atoms with Crippen molar-refractivity contribution in [2.45, 2.75) is 25.8 Å². The molecular formula is C21H22N6O2. The average Bonchev–Trinajstić information content (AvgIpc) is 3.51. The number of nitrogens with two attached hydrogens (primary N) is 1. The third-order valence-electron chi connectivity index (χ3n) is 4.95. The minimum atomic E-state index is -0.484. The molecule has 1 aromatic carbocycles. The highest BCUT2D eigenvalue weighted by molar-refractivity contribution is 5.96. The lowest BCUT2D eigenvalue weighted by atomic mass is 9.97. The van der Waals surface area contributed by atoms with Crippen LogP contribution in [0.3, 0.4) is 0 Å². The minimum Gasteiger partial charge on any atom is -0.366 e. The number of benzene rings is 1. The van der Waals surface area contributed by atoms with Gasteiger partial charge in [-0.25, -0.2) is 0 Å². The SMILES string of the molecule is Cc1c(C(N)=O)cccc1-c1cc(Nc2ccc(NC3CC3)nn2)c(=O)n(C)c1. The summed E-state index contributed by atoms with van der Waals surface area (Å²) >= 11 is 0. The van der Waals surface area contributed by atoms with Crippen molar-refractivity contribution in [1.82, 2.24) is 14.8 Å². The number of pyridine rings is 1. The van der Waals surface area contributed by atoms with Crippen LogP contribution in [-0.2, 0) is 7.05 Å². The summed E-state index contributed by atoms with van der Waals surface area (Å²) in [5, 5.41) is 14.6. The minimum absolute atomic E-state index is 0.195. The lowest BCUT2D eigenvalue weighted by molar-refractivity contribution is 0.1000. The van der Waals surface area contributed by atoms with E-state index in [1.54, 1.807) is 37.5 Å². The average molecular weight is 390 g/mol. The maximum atomic E-state index is 12.6. The predicted molar refractivity (Wildman–Crippen MR) is 112 cm³/mol. The molecular weight excluding hydrogens is 368 g/mol. The van der Waals surface area contributed by atoms with Gasteiger partial charge >= 0.3 is 0 Å². The van der Waals surface area contributed by atoms with Gasteiger partial charge in [-0.3, -0.25) is 9.59 Å². The number of nitrogens with one attached hydrogen (secondary N) is 2. The Kier molecular flexibility index (Phi) is 4.75. The van der Waals surface area contributed by atoms with E-state index in [1.165, 1.54) is 4.57 Å². The third-order valence-corrected chi connectivity index (χ3v) is 4.95. The molecule has 0 radical (unpaired) electrons. The summed E-state index contributed by atoms with van der Waals surface area (Å²) in [6.45, 7) is 1.84. The lowest BCUT2D eigenvalue weighted by Crippen LogP contribution is -2.20. The van der Waals surface area contributed by atoms with E-state index in [-0.39, 0.29) is 5.56 Å². The topological polar surface area (TPSA) is 115 Å². The maximum Gasteiger partial charge on any atom is 0.274 e. The summed E-state index contributed by atoms with van der Waals surface area (Å²) in [6.07, 6.45) is 4.04. The van der Waals surface area contributed by atoms with Crippen molar-refractivity contribution in [3.05, 3.63) is 64.1 Å². The number of hydrogen-bond donors (Lipinski definition) is 3. The molecule has 1 fully saturated rings. The summed E-state index contributed by atoms with van der Waals surface area (Å²) < 4.78 is 1.49. The second kappa shape index (κ2) is 7.38. The van der Waals surface area contributed by atoms with Gasteiger partial charge in [-0.2, -0.15) is 0 Å². The van der Waals surface area contributed by atoms with Gasteiger partial charge in [0.05, 0.1) is 0 Å². The molecule has 4 rings (SSSR count). The number of carbonyl (C=O) groups excluding carboxylic acids is 1. The highest BCUT2D eigenvalue weighted by Gasteiger charge is 2.21. The first kappa shape index (κ1) is 18.7. The Morgan fingerprint density at radius 2 is 1.90 bits per heavy atom. The Balaban J connectivity index is 1.67. The Hall–Kier alpha value is -3.68. The van der Waals surface area contributed by atoms with Crippen LogP contribution >= 0.6 is 0 Å². The smallest absolute Gasteiger partial charge is 0.274 e. The molecule has 8 nitrogen and oxygen atoms in total. The zero-order valence-electron chi connectivity index (χ0n) is 16.3. The number of aromatic nitrogens is 3. The standard InChI is InChI=1S/C21H22N6O2/c1-12-15(4-3-5-16(12)20(22)28)13-10-17(21(29)27(2)11-13)24-19-9-8-18(25-26-19)23-14-6-7-14/h3-5,8-11,14H,6-7H2,1-2H3,(H2,22,28)(H,23,25)(H,24,26). The molecule has 1 aliphatic carbocycles. The van der Waals surface area contributed by atoms with Crippen molar-refractivity contribution < 1.29 is 4.79 Å². The van der Waals surface area contributed by atoms with Crippen LogP contribution in [0.4, 0.5) is 17.3 Å². The zero-order chi connectivity index (χ0) is 20.5. The van der Waals surface area contributed by atoms with Gasteiger partial charge in [0.2, 0.25) is 5.91 Å². The summed E-state index contributed by atoms with van der Waals surface area (Å²) in [7, 11) is 1.68. The van der Waals surface area contributed by atoms with Crippen molar-refractivity contribution in [2.24, 2.45) is 12.8 Å². The summed E-state index contributed by atoms with van der Waals surface area (Å²) in [4.78, 5) is 24.3. The molecule has 0 atom stereocenters. The second-order valence-corrected chi connectivity index (χ2v) is 7.25. The highest BCUT2D eigenvalue weighted by Crippen LogP contribution is 2.27. The lowest BCUT2D eigenvalue weighted by Gasteiger charge is -2.13. The molecule has 2 aromatic heterocycles. The van der Waals surface area contributed by atoms with Crippen LogP contribution in [0.5, 0.6) is 0 Å². The molecule has 0 spiro atoms.